The summed E-state index contributed by atoms with van der Waals surface area (Å²) in [4.78, 5) is 26.9. The molecule has 0 radical (unpaired) electrons. The number of amides is 1. The zero-order chi connectivity index (χ0) is 18.8. The van der Waals surface area contributed by atoms with Gasteiger partial charge in [0.05, 0.1) is 18.7 Å². The van der Waals surface area contributed by atoms with Gasteiger partial charge in [0.25, 0.3) is 0 Å². The molecule has 0 saturated carbocycles. The Morgan fingerprint density at radius 1 is 1.19 bits per heavy atom. The van der Waals surface area contributed by atoms with Crippen LogP contribution in [0.1, 0.15) is 30.9 Å². The fourth-order valence-electron chi connectivity index (χ4n) is 3.81. The number of methoxy groups -OCH3 is 1. The molecule has 0 N–H and O–H groups in total. The van der Waals surface area contributed by atoms with Gasteiger partial charge in [-0.25, -0.2) is 4.79 Å². The lowest BCUT2D eigenvalue weighted by molar-refractivity contribution is -0.132. The quantitative estimate of drug-likeness (QED) is 0.695. The standard InChI is InChI=1S/C21H22N2O4/c1-26-16-10-8-15(9-11-16)17-6-4-13-22(17)20(24)12-14-23-18-5-2-3-7-19(18)27-21(23)25/h2-3,5,7-11,17H,4,6,12-14H2,1H3/t17-/m0/s1. The van der Waals surface area contributed by atoms with Crippen molar-refractivity contribution in [1.82, 2.24) is 9.47 Å². The van der Waals surface area contributed by atoms with Gasteiger partial charge in [0, 0.05) is 19.5 Å². The van der Waals surface area contributed by atoms with E-state index in [2.05, 4.69) is 0 Å². The van der Waals surface area contributed by atoms with Crippen LogP contribution in [-0.4, -0.2) is 29.0 Å². The maximum Gasteiger partial charge on any atom is 0.419 e. The van der Waals surface area contributed by atoms with Crippen molar-refractivity contribution in [2.45, 2.75) is 31.8 Å². The number of ether oxygens (including phenoxy) is 1. The molecule has 1 aliphatic heterocycles. The van der Waals surface area contributed by atoms with E-state index in [0.717, 1.165) is 36.2 Å². The average Bonchev–Trinajstić information content (AvgIpc) is 3.30. The molecule has 6 nitrogen and oxygen atoms in total. The molecule has 0 bridgehead atoms. The van der Waals surface area contributed by atoms with Gasteiger partial charge in [0.2, 0.25) is 5.91 Å². The van der Waals surface area contributed by atoms with Gasteiger partial charge in [-0.2, -0.15) is 0 Å². The second-order valence-corrected chi connectivity index (χ2v) is 6.76. The number of para-hydroxylation sites is 2. The second kappa shape index (κ2) is 7.31. The Kier molecular flexibility index (Phi) is 4.71. The largest absolute Gasteiger partial charge is 0.497 e. The highest BCUT2D eigenvalue weighted by Crippen LogP contribution is 2.33. The van der Waals surface area contributed by atoms with Gasteiger partial charge in [-0.3, -0.25) is 9.36 Å². The van der Waals surface area contributed by atoms with Crippen molar-refractivity contribution >= 4 is 17.0 Å². The predicted octanol–water partition coefficient (Wildman–Crippen LogP) is 3.36. The molecular formula is C21H22N2O4. The third kappa shape index (κ3) is 3.35. The number of rotatable bonds is 5. The number of nitrogens with zero attached hydrogens (tertiary/aromatic N) is 2. The van der Waals surface area contributed by atoms with Crippen LogP contribution < -0.4 is 10.5 Å². The van der Waals surface area contributed by atoms with Gasteiger partial charge in [0.15, 0.2) is 5.58 Å². The van der Waals surface area contributed by atoms with Crippen LogP contribution in [0.15, 0.2) is 57.7 Å². The first kappa shape index (κ1) is 17.4. The molecule has 0 spiro atoms. The minimum atomic E-state index is -0.419. The van der Waals surface area contributed by atoms with Gasteiger partial charge >= 0.3 is 5.76 Å². The lowest BCUT2D eigenvalue weighted by Crippen LogP contribution is -2.31. The molecule has 4 rings (SSSR count). The van der Waals surface area contributed by atoms with Gasteiger partial charge in [0.1, 0.15) is 5.75 Å². The lowest BCUT2D eigenvalue weighted by atomic mass is 10.0. The Morgan fingerprint density at radius 3 is 2.74 bits per heavy atom. The molecule has 1 amide bonds. The van der Waals surface area contributed by atoms with Crippen molar-refractivity contribution < 1.29 is 13.9 Å². The van der Waals surface area contributed by atoms with E-state index in [1.54, 1.807) is 13.2 Å². The molecule has 140 valence electrons. The van der Waals surface area contributed by atoms with Crippen LogP contribution >= 0.6 is 0 Å². The number of likely N-dealkylation sites (tertiary alicyclic amines) is 1. The molecule has 1 atom stereocenters. The number of hydrogen-bond acceptors (Lipinski definition) is 4. The van der Waals surface area contributed by atoms with Crippen molar-refractivity contribution in [2.24, 2.45) is 0 Å². The van der Waals surface area contributed by atoms with Gasteiger partial charge < -0.3 is 14.1 Å². The summed E-state index contributed by atoms with van der Waals surface area (Å²) in [6.07, 6.45) is 2.21. The topological polar surface area (TPSA) is 64.7 Å². The number of hydrogen-bond donors (Lipinski definition) is 0. The Labute approximate surface area is 157 Å². The van der Waals surface area contributed by atoms with Gasteiger partial charge in [-0.1, -0.05) is 24.3 Å². The average molecular weight is 366 g/mol. The van der Waals surface area contributed by atoms with Crippen LogP contribution in [0.4, 0.5) is 0 Å². The van der Waals surface area contributed by atoms with Crippen molar-refractivity contribution in [1.29, 1.82) is 0 Å². The third-order valence-corrected chi connectivity index (χ3v) is 5.20. The number of aromatic nitrogens is 1. The number of oxazole rings is 1. The van der Waals surface area contributed by atoms with Crippen LogP contribution in [0.25, 0.3) is 11.1 Å². The maximum atomic E-state index is 12.8. The summed E-state index contributed by atoms with van der Waals surface area (Å²) < 4.78 is 12.0. The molecule has 3 aromatic rings. The zero-order valence-corrected chi connectivity index (χ0v) is 15.3. The molecule has 0 unspecified atom stereocenters. The van der Waals surface area contributed by atoms with E-state index in [4.69, 9.17) is 9.15 Å². The van der Waals surface area contributed by atoms with Gasteiger partial charge in [-0.15, -0.1) is 0 Å². The summed E-state index contributed by atoms with van der Waals surface area (Å²) in [6, 6.07) is 15.2. The number of benzene rings is 2. The summed E-state index contributed by atoms with van der Waals surface area (Å²) in [5, 5.41) is 0. The summed E-state index contributed by atoms with van der Waals surface area (Å²) in [5.74, 6) is 0.448. The van der Waals surface area contributed by atoms with E-state index in [9.17, 15) is 9.59 Å². The Balaban J connectivity index is 1.48. The maximum absolute atomic E-state index is 12.8. The second-order valence-electron chi connectivity index (χ2n) is 6.76. The lowest BCUT2D eigenvalue weighted by Gasteiger charge is -2.25. The van der Waals surface area contributed by atoms with Crippen molar-refractivity contribution in [3.8, 4) is 5.75 Å². The Morgan fingerprint density at radius 2 is 1.96 bits per heavy atom. The minimum absolute atomic E-state index is 0.0606. The summed E-state index contributed by atoms with van der Waals surface area (Å²) in [7, 11) is 1.64. The molecule has 0 aliphatic carbocycles. The van der Waals surface area contributed by atoms with E-state index in [1.807, 2.05) is 47.4 Å². The van der Waals surface area contributed by atoms with Crippen molar-refractivity contribution in [3.05, 3.63) is 64.6 Å². The van der Waals surface area contributed by atoms with Crippen molar-refractivity contribution in [3.63, 3.8) is 0 Å². The SMILES string of the molecule is COc1ccc([C@@H]2CCCN2C(=O)CCn2c(=O)oc3ccccc32)cc1. The number of aryl methyl sites for hydroxylation is 1. The Bertz CT molecular complexity index is 1000. The van der Waals surface area contributed by atoms with Gasteiger partial charge in [-0.05, 0) is 42.7 Å². The number of carbonyl (C=O) groups excluding carboxylic acids is 1. The molecule has 1 aromatic heterocycles. The first-order valence-corrected chi connectivity index (χ1v) is 9.19. The monoisotopic (exact) mass is 366 g/mol. The first-order valence-electron chi connectivity index (χ1n) is 9.19. The van der Waals surface area contributed by atoms with Crippen LogP contribution in [0.5, 0.6) is 5.75 Å². The highest BCUT2D eigenvalue weighted by molar-refractivity contribution is 5.77. The van der Waals surface area contributed by atoms with Crippen LogP contribution in [0.2, 0.25) is 0 Å². The van der Waals surface area contributed by atoms with Crippen LogP contribution in [0.3, 0.4) is 0 Å². The number of fused-ring (bicyclic) bond motifs is 1. The normalized spacial score (nSPS) is 16.8. The van der Waals surface area contributed by atoms with E-state index >= 15 is 0 Å². The van der Waals surface area contributed by atoms with E-state index in [0.29, 0.717) is 12.1 Å². The molecule has 1 fully saturated rings. The zero-order valence-electron chi connectivity index (χ0n) is 15.3. The molecule has 1 saturated heterocycles. The Hall–Kier alpha value is -3.02. The fraction of sp³-hybridized carbons (Fsp3) is 0.333. The van der Waals surface area contributed by atoms with E-state index < -0.39 is 5.76 Å². The smallest absolute Gasteiger partial charge is 0.419 e. The molecular weight excluding hydrogens is 344 g/mol. The minimum Gasteiger partial charge on any atom is -0.497 e. The summed E-state index contributed by atoms with van der Waals surface area (Å²) in [5.41, 5.74) is 2.39. The number of carbonyl (C=O) groups is 1. The molecule has 1 aliphatic rings. The van der Waals surface area contributed by atoms with Crippen molar-refractivity contribution in [2.75, 3.05) is 13.7 Å². The van der Waals surface area contributed by atoms with Crippen LogP contribution in [0, 0.1) is 0 Å². The first-order chi connectivity index (χ1) is 13.2. The molecule has 27 heavy (non-hydrogen) atoms. The summed E-state index contributed by atoms with van der Waals surface area (Å²) >= 11 is 0. The molecule has 2 heterocycles. The van der Waals surface area contributed by atoms with E-state index in [1.165, 1.54) is 4.57 Å². The highest BCUT2D eigenvalue weighted by atomic mass is 16.5. The highest BCUT2D eigenvalue weighted by Gasteiger charge is 2.29. The molecule has 6 heteroatoms. The predicted molar refractivity (Wildman–Crippen MR) is 102 cm³/mol. The van der Waals surface area contributed by atoms with E-state index in [-0.39, 0.29) is 18.4 Å². The fourth-order valence-corrected chi connectivity index (χ4v) is 3.81. The molecule has 2 aromatic carbocycles. The van der Waals surface area contributed by atoms with Crippen LogP contribution in [-0.2, 0) is 11.3 Å². The summed E-state index contributed by atoms with van der Waals surface area (Å²) in [6.45, 7) is 1.07. The third-order valence-electron chi connectivity index (χ3n) is 5.20.